The van der Waals surface area contributed by atoms with Crippen LogP contribution in [0.1, 0.15) is 42.5 Å². The molecule has 0 bridgehead atoms. The smallest absolute Gasteiger partial charge is 0.261 e. The van der Waals surface area contributed by atoms with E-state index in [0.29, 0.717) is 39.8 Å². The molecule has 3 N–H and O–H groups in total. The number of halogens is 1. The fraction of sp³-hybridized carbons (Fsp3) is 0.240. The molecule has 1 aliphatic rings. The maximum atomic E-state index is 13.3. The molecule has 4 aromatic rings. The molecule has 0 saturated heterocycles. The summed E-state index contributed by atoms with van der Waals surface area (Å²) in [5.74, 6) is 0.0771. The molecule has 0 saturated carbocycles. The summed E-state index contributed by atoms with van der Waals surface area (Å²) in [7, 11) is 0. The fourth-order valence-corrected chi connectivity index (χ4v) is 4.41. The van der Waals surface area contributed by atoms with E-state index in [1.807, 2.05) is 28.8 Å². The minimum absolute atomic E-state index is 0.310. The van der Waals surface area contributed by atoms with Crippen molar-refractivity contribution in [3.8, 4) is 0 Å². The Morgan fingerprint density at radius 2 is 1.81 bits per heavy atom. The molecule has 32 heavy (non-hydrogen) atoms. The van der Waals surface area contributed by atoms with Crippen LogP contribution in [0.3, 0.4) is 0 Å². The molecule has 7 heteroatoms. The number of aryl methyl sites for hydroxylation is 1. The Balaban J connectivity index is 1.58. The van der Waals surface area contributed by atoms with Gasteiger partial charge in [0.25, 0.3) is 5.91 Å². The van der Waals surface area contributed by atoms with Crippen LogP contribution in [-0.2, 0) is 6.54 Å². The Bertz CT molecular complexity index is 1340. The SMILES string of the molecule is Nc1c(C(=O)Nc2ccc(Cl)cc2)c2nc3ccccc3nc2n1CCC1=CCCCC1. The van der Waals surface area contributed by atoms with Gasteiger partial charge in [-0.05, 0) is 68.5 Å². The zero-order valence-corrected chi connectivity index (χ0v) is 18.4. The number of rotatable bonds is 5. The van der Waals surface area contributed by atoms with Crippen LogP contribution < -0.4 is 11.1 Å². The Morgan fingerprint density at radius 1 is 1.06 bits per heavy atom. The molecule has 0 spiro atoms. The molecule has 162 valence electrons. The number of carbonyl (C=O) groups excluding carboxylic acids is 1. The number of benzene rings is 2. The lowest BCUT2D eigenvalue weighted by molar-refractivity contribution is 0.102. The molecular weight excluding hydrogens is 422 g/mol. The lowest BCUT2D eigenvalue weighted by Gasteiger charge is -2.14. The summed E-state index contributed by atoms with van der Waals surface area (Å²) in [6.07, 6.45) is 7.97. The summed E-state index contributed by atoms with van der Waals surface area (Å²) in [5, 5.41) is 3.52. The number of aromatic nitrogens is 3. The second-order valence-corrected chi connectivity index (χ2v) is 8.55. The molecule has 0 aliphatic heterocycles. The Morgan fingerprint density at radius 3 is 2.53 bits per heavy atom. The average molecular weight is 446 g/mol. The molecule has 1 aliphatic carbocycles. The number of anilines is 2. The van der Waals surface area contributed by atoms with E-state index in [1.165, 1.54) is 18.4 Å². The van der Waals surface area contributed by atoms with Gasteiger partial charge in [0.1, 0.15) is 16.9 Å². The molecule has 5 rings (SSSR count). The zero-order valence-electron chi connectivity index (χ0n) is 17.6. The van der Waals surface area contributed by atoms with Gasteiger partial charge in [0.15, 0.2) is 5.65 Å². The van der Waals surface area contributed by atoms with Crippen LogP contribution in [0.2, 0.25) is 5.02 Å². The largest absolute Gasteiger partial charge is 0.384 e. The van der Waals surface area contributed by atoms with Crippen LogP contribution in [0.5, 0.6) is 0 Å². The third kappa shape index (κ3) is 3.94. The number of hydrogen-bond donors (Lipinski definition) is 2. The topological polar surface area (TPSA) is 85.8 Å². The van der Waals surface area contributed by atoms with Crippen molar-refractivity contribution in [3.05, 3.63) is 70.8 Å². The third-order valence-corrected chi connectivity index (χ3v) is 6.21. The molecular formula is C25H24ClN5O. The van der Waals surface area contributed by atoms with Gasteiger partial charge in [-0.2, -0.15) is 0 Å². The first-order valence-corrected chi connectivity index (χ1v) is 11.3. The highest BCUT2D eigenvalue weighted by Gasteiger charge is 2.24. The number of nitrogens with two attached hydrogens (primary N) is 1. The Labute approximate surface area is 191 Å². The van der Waals surface area contributed by atoms with Crippen molar-refractivity contribution in [2.45, 2.75) is 38.6 Å². The van der Waals surface area contributed by atoms with Crippen LogP contribution in [0.4, 0.5) is 11.5 Å². The molecule has 6 nitrogen and oxygen atoms in total. The molecule has 2 aromatic carbocycles. The van der Waals surface area contributed by atoms with Crippen LogP contribution in [0, 0.1) is 0 Å². The summed E-state index contributed by atoms with van der Waals surface area (Å²) >= 11 is 5.97. The maximum Gasteiger partial charge on any atom is 0.261 e. The monoisotopic (exact) mass is 445 g/mol. The highest BCUT2D eigenvalue weighted by molar-refractivity contribution is 6.30. The highest BCUT2D eigenvalue weighted by Crippen LogP contribution is 2.30. The minimum Gasteiger partial charge on any atom is -0.384 e. The predicted molar refractivity (Wildman–Crippen MR) is 130 cm³/mol. The lowest BCUT2D eigenvalue weighted by Crippen LogP contribution is -2.15. The van der Waals surface area contributed by atoms with E-state index < -0.39 is 0 Å². The normalized spacial score (nSPS) is 14.0. The van der Waals surface area contributed by atoms with Gasteiger partial charge in [-0.25, -0.2) is 9.97 Å². The van der Waals surface area contributed by atoms with Crippen LogP contribution in [0.25, 0.3) is 22.2 Å². The number of nitrogens with zero attached hydrogens (tertiary/aromatic N) is 3. The van der Waals surface area contributed by atoms with Crippen molar-refractivity contribution in [3.63, 3.8) is 0 Å². The maximum absolute atomic E-state index is 13.3. The summed E-state index contributed by atoms with van der Waals surface area (Å²) < 4.78 is 1.93. The van der Waals surface area contributed by atoms with Gasteiger partial charge in [-0.1, -0.05) is 35.4 Å². The van der Waals surface area contributed by atoms with Crippen molar-refractivity contribution < 1.29 is 4.79 Å². The van der Waals surface area contributed by atoms with E-state index in [2.05, 4.69) is 11.4 Å². The van der Waals surface area contributed by atoms with Gasteiger partial charge in [-0.3, -0.25) is 4.79 Å². The van der Waals surface area contributed by atoms with Crippen LogP contribution in [-0.4, -0.2) is 20.4 Å². The minimum atomic E-state index is -0.310. The molecule has 0 fully saturated rings. The van der Waals surface area contributed by atoms with E-state index >= 15 is 0 Å². The van der Waals surface area contributed by atoms with Gasteiger partial charge in [0.05, 0.1) is 11.0 Å². The summed E-state index contributed by atoms with van der Waals surface area (Å²) in [5.41, 5.74) is 11.7. The van der Waals surface area contributed by atoms with Crippen molar-refractivity contribution >= 4 is 51.2 Å². The molecule has 0 radical (unpaired) electrons. The van der Waals surface area contributed by atoms with E-state index in [4.69, 9.17) is 27.3 Å². The van der Waals surface area contributed by atoms with Crippen molar-refractivity contribution in [2.75, 3.05) is 11.1 Å². The van der Waals surface area contributed by atoms with Gasteiger partial charge in [0, 0.05) is 17.3 Å². The van der Waals surface area contributed by atoms with Crippen molar-refractivity contribution in [2.24, 2.45) is 0 Å². The van der Waals surface area contributed by atoms with E-state index in [-0.39, 0.29) is 5.91 Å². The summed E-state index contributed by atoms with van der Waals surface area (Å²) in [6.45, 7) is 0.662. The first kappa shape index (κ1) is 20.5. The second kappa shape index (κ2) is 8.63. The molecule has 0 atom stereocenters. The first-order chi connectivity index (χ1) is 15.6. The average Bonchev–Trinajstić information content (AvgIpc) is 3.08. The summed E-state index contributed by atoms with van der Waals surface area (Å²) in [4.78, 5) is 22.9. The zero-order chi connectivity index (χ0) is 22.1. The standard InChI is InChI=1S/C25H24ClN5O/c26-17-10-12-18(13-11-17)28-25(32)21-22-24(30-20-9-5-4-8-19(20)29-22)31(23(21)27)15-14-16-6-2-1-3-7-16/h4-6,8-13H,1-3,7,14-15,27H2,(H,28,32). The number of nitrogens with one attached hydrogen (secondary N) is 1. The predicted octanol–water partition coefficient (Wildman–Crippen LogP) is 5.96. The molecule has 2 heterocycles. The second-order valence-electron chi connectivity index (χ2n) is 8.12. The quantitative estimate of drug-likeness (QED) is 0.371. The van der Waals surface area contributed by atoms with E-state index in [9.17, 15) is 4.79 Å². The van der Waals surface area contributed by atoms with Gasteiger partial charge < -0.3 is 15.6 Å². The molecule has 1 amide bonds. The molecule has 0 unspecified atom stereocenters. The number of hydrogen-bond acceptors (Lipinski definition) is 4. The first-order valence-electron chi connectivity index (χ1n) is 10.9. The highest BCUT2D eigenvalue weighted by atomic mass is 35.5. The number of nitrogen functional groups attached to an aromatic ring is 1. The number of allylic oxidation sites excluding steroid dienone is 2. The Kier molecular flexibility index (Phi) is 5.53. The fourth-order valence-electron chi connectivity index (χ4n) is 4.28. The van der Waals surface area contributed by atoms with Crippen molar-refractivity contribution in [1.29, 1.82) is 0 Å². The van der Waals surface area contributed by atoms with Gasteiger partial charge in [-0.15, -0.1) is 0 Å². The number of fused-ring (bicyclic) bond motifs is 2. The van der Waals surface area contributed by atoms with Gasteiger partial charge >= 0.3 is 0 Å². The van der Waals surface area contributed by atoms with E-state index in [1.54, 1.807) is 24.3 Å². The van der Waals surface area contributed by atoms with Crippen LogP contribution in [0.15, 0.2) is 60.2 Å². The third-order valence-electron chi connectivity index (χ3n) is 5.96. The lowest BCUT2D eigenvalue weighted by atomic mass is 9.97. The van der Waals surface area contributed by atoms with Crippen molar-refractivity contribution in [1.82, 2.24) is 14.5 Å². The number of para-hydroxylation sites is 2. The Hall–Kier alpha value is -3.38. The number of amides is 1. The number of carbonyl (C=O) groups is 1. The van der Waals surface area contributed by atoms with E-state index in [0.717, 1.165) is 30.3 Å². The van der Waals surface area contributed by atoms with Gasteiger partial charge in [0.2, 0.25) is 0 Å². The van der Waals surface area contributed by atoms with Crippen LogP contribution >= 0.6 is 11.6 Å². The molecule has 2 aromatic heterocycles. The summed E-state index contributed by atoms with van der Waals surface area (Å²) in [6, 6.07) is 14.6.